The minimum absolute atomic E-state index is 0.130. The SMILES string of the molecule is CC(=O)OCC=CNC(=O)OC(C)(C)C. The van der Waals surface area contributed by atoms with Gasteiger partial charge in [-0.3, -0.25) is 10.1 Å². The summed E-state index contributed by atoms with van der Waals surface area (Å²) in [5, 5.41) is 2.38. The lowest BCUT2D eigenvalue weighted by Gasteiger charge is -2.18. The van der Waals surface area contributed by atoms with Crippen LogP contribution in [0.15, 0.2) is 12.3 Å². The van der Waals surface area contributed by atoms with E-state index < -0.39 is 11.7 Å². The van der Waals surface area contributed by atoms with Gasteiger partial charge in [0.05, 0.1) is 0 Å². The number of rotatable bonds is 3. The fourth-order valence-electron chi connectivity index (χ4n) is 0.648. The molecule has 0 fully saturated rings. The molecule has 0 saturated heterocycles. The Morgan fingerprint density at radius 3 is 2.40 bits per heavy atom. The van der Waals surface area contributed by atoms with Gasteiger partial charge < -0.3 is 9.47 Å². The molecular weight excluding hydrogens is 198 g/mol. The van der Waals surface area contributed by atoms with E-state index in [1.54, 1.807) is 20.8 Å². The standard InChI is InChI=1S/C10H17NO4/c1-8(12)14-7-5-6-11-9(13)15-10(2,3)4/h5-6H,7H2,1-4H3,(H,11,13). The molecule has 15 heavy (non-hydrogen) atoms. The van der Waals surface area contributed by atoms with Crippen LogP contribution in [-0.4, -0.2) is 24.3 Å². The van der Waals surface area contributed by atoms with Crippen molar-refractivity contribution in [3.05, 3.63) is 12.3 Å². The second-order valence-corrected chi connectivity index (χ2v) is 3.85. The maximum absolute atomic E-state index is 11.1. The molecule has 1 N–H and O–H groups in total. The number of esters is 1. The largest absolute Gasteiger partial charge is 0.462 e. The summed E-state index contributed by atoms with van der Waals surface area (Å²) in [7, 11) is 0. The van der Waals surface area contributed by atoms with Crippen LogP contribution in [0.4, 0.5) is 4.79 Å². The molecule has 0 unspecified atom stereocenters. The fourth-order valence-corrected chi connectivity index (χ4v) is 0.648. The summed E-state index contributed by atoms with van der Waals surface area (Å²) in [6, 6.07) is 0. The molecule has 1 amide bonds. The summed E-state index contributed by atoms with van der Waals surface area (Å²) in [6.07, 6.45) is 2.34. The third-order valence-corrected chi connectivity index (χ3v) is 1.10. The Hall–Kier alpha value is -1.52. The summed E-state index contributed by atoms with van der Waals surface area (Å²) >= 11 is 0. The Bertz CT molecular complexity index is 253. The van der Waals surface area contributed by atoms with Crippen molar-refractivity contribution in [3.8, 4) is 0 Å². The number of hydrogen-bond acceptors (Lipinski definition) is 4. The lowest BCUT2D eigenvalue weighted by Crippen LogP contribution is -2.29. The van der Waals surface area contributed by atoms with Gasteiger partial charge in [0, 0.05) is 13.1 Å². The van der Waals surface area contributed by atoms with Crippen molar-refractivity contribution >= 4 is 12.1 Å². The normalized spacial score (nSPS) is 11.2. The summed E-state index contributed by atoms with van der Waals surface area (Å²) in [6.45, 7) is 6.76. The lowest BCUT2D eigenvalue weighted by molar-refractivity contribution is -0.139. The van der Waals surface area contributed by atoms with Crippen LogP contribution in [-0.2, 0) is 14.3 Å². The first-order valence-electron chi connectivity index (χ1n) is 4.59. The van der Waals surface area contributed by atoms with E-state index in [1.807, 2.05) is 0 Å². The van der Waals surface area contributed by atoms with Gasteiger partial charge in [0.1, 0.15) is 12.2 Å². The number of carbonyl (C=O) groups excluding carboxylic acids is 2. The van der Waals surface area contributed by atoms with Crippen molar-refractivity contribution in [1.29, 1.82) is 0 Å². The molecule has 0 aliphatic heterocycles. The Morgan fingerprint density at radius 2 is 1.93 bits per heavy atom. The van der Waals surface area contributed by atoms with E-state index in [0.717, 1.165) is 0 Å². The molecule has 0 saturated carbocycles. The quantitative estimate of drug-likeness (QED) is 0.726. The zero-order valence-electron chi connectivity index (χ0n) is 9.49. The number of ether oxygens (including phenoxy) is 2. The fraction of sp³-hybridized carbons (Fsp3) is 0.600. The van der Waals surface area contributed by atoms with Crippen molar-refractivity contribution in [2.45, 2.75) is 33.3 Å². The summed E-state index contributed by atoms with van der Waals surface area (Å²) < 4.78 is 9.56. The maximum atomic E-state index is 11.1. The smallest absolute Gasteiger partial charge is 0.411 e. The highest BCUT2D eigenvalue weighted by molar-refractivity contribution is 5.68. The van der Waals surface area contributed by atoms with Gasteiger partial charge in [0.25, 0.3) is 0 Å². The Balaban J connectivity index is 3.67. The van der Waals surface area contributed by atoms with Crippen molar-refractivity contribution in [3.63, 3.8) is 0 Å². The van der Waals surface area contributed by atoms with Gasteiger partial charge in [-0.15, -0.1) is 0 Å². The predicted octanol–water partition coefficient (Wildman–Crippen LogP) is 1.59. The van der Waals surface area contributed by atoms with E-state index >= 15 is 0 Å². The molecule has 0 radical (unpaired) electrons. The van der Waals surface area contributed by atoms with Crippen LogP contribution in [0.5, 0.6) is 0 Å². The molecule has 0 rings (SSSR count). The topological polar surface area (TPSA) is 64.6 Å². The zero-order valence-corrected chi connectivity index (χ0v) is 9.49. The first-order chi connectivity index (χ1) is 6.81. The van der Waals surface area contributed by atoms with Crippen LogP contribution in [0.2, 0.25) is 0 Å². The van der Waals surface area contributed by atoms with E-state index in [9.17, 15) is 9.59 Å². The molecule has 0 spiro atoms. The predicted molar refractivity (Wildman–Crippen MR) is 55.1 cm³/mol. The minimum atomic E-state index is -0.540. The third-order valence-electron chi connectivity index (χ3n) is 1.10. The van der Waals surface area contributed by atoms with Gasteiger partial charge >= 0.3 is 12.1 Å². The van der Waals surface area contributed by atoms with Crippen LogP contribution in [0.3, 0.4) is 0 Å². The Morgan fingerprint density at radius 1 is 1.33 bits per heavy atom. The summed E-state index contributed by atoms with van der Waals surface area (Å²) in [5.41, 5.74) is -0.520. The second-order valence-electron chi connectivity index (χ2n) is 3.85. The van der Waals surface area contributed by atoms with E-state index in [2.05, 4.69) is 10.1 Å². The lowest BCUT2D eigenvalue weighted by atomic mass is 10.2. The Labute approximate surface area is 89.4 Å². The number of alkyl carbamates (subject to hydrolysis) is 1. The number of amides is 1. The van der Waals surface area contributed by atoms with E-state index in [4.69, 9.17) is 4.74 Å². The van der Waals surface area contributed by atoms with Crippen molar-refractivity contribution < 1.29 is 19.1 Å². The highest BCUT2D eigenvalue weighted by Crippen LogP contribution is 2.06. The van der Waals surface area contributed by atoms with Crippen molar-refractivity contribution in [2.24, 2.45) is 0 Å². The van der Waals surface area contributed by atoms with Gasteiger partial charge in [-0.25, -0.2) is 4.79 Å². The first kappa shape index (κ1) is 13.5. The molecule has 0 bridgehead atoms. The van der Waals surface area contributed by atoms with Crippen molar-refractivity contribution in [1.82, 2.24) is 5.32 Å². The molecule has 0 aliphatic rings. The van der Waals surface area contributed by atoms with E-state index in [1.165, 1.54) is 19.2 Å². The molecule has 0 aliphatic carbocycles. The number of nitrogens with one attached hydrogen (secondary N) is 1. The molecule has 0 aromatic rings. The monoisotopic (exact) mass is 215 g/mol. The molecule has 0 heterocycles. The molecule has 5 heteroatoms. The van der Waals surface area contributed by atoms with Crippen LogP contribution >= 0.6 is 0 Å². The van der Waals surface area contributed by atoms with Crippen LogP contribution in [0, 0.1) is 0 Å². The zero-order chi connectivity index (χ0) is 11.9. The van der Waals surface area contributed by atoms with Crippen LogP contribution in [0.1, 0.15) is 27.7 Å². The molecule has 0 atom stereocenters. The summed E-state index contributed by atoms with van der Waals surface area (Å²) in [4.78, 5) is 21.4. The van der Waals surface area contributed by atoms with Crippen LogP contribution in [0.25, 0.3) is 0 Å². The molecular formula is C10H17NO4. The molecule has 0 aromatic carbocycles. The summed E-state index contributed by atoms with van der Waals surface area (Å²) in [5.74, 6) is -0.364. The van der Waals surface area contributed by atoms with Gasteiger partial charge in [0.15, 0.2) is 0 Å². The molecule has 86 valence electrons. The average Bonchev–Trinajstić information content (AvgIpc) is 1.99. The molecule has 5 nitrogen and oxygen atoms in total. The highest BCUT2D eigenvalue weighted by atomic mass is 16.6. The van der Waals surface area contributed by atoms with Crippen LogP contribution < -0.4 is 5.32 Å². The average molecular weight is 215 g/mol. The van der Waals surface area contributed by atoms with Gasteiger partial charge in [-0.2, -0.15) is 0 Å². The Kier molecular flexibility index (Phi) is 5.44. The third kappa shape index (κ3) is 10.4. The maximum Gasteiger partial charge on any atom is 0.411 e. The minimum Gasteiger partial charge on any atom is -0.462 e. The van der Waals surface area contributed by atoms with Crippen molar-refractivity contribution in [2.75, 3.05) is 6.61 Å². The first-order valence-corrected chi connectivity index (χ1v) is 4.59. The number of hydrogen-bond donors (Lipinski definition) is 1. The van der Waals surface area contributed by atoms with E-state index in [-0.39, 0.29) is 12.6 Å². The highest BCUT2D eigenvalue weighted by Gasteiger charge is 2.14. The second kappa shape index (κ2) is 6.06. The van der Waals surface area contributed by atoms with Gasteiger partial charge in [-0.05, 0) is 26.8 Å². The molecule has 0 aromatic heterocycles. The van der Waals surface area contributed by atoms with E-state index in [0.29, 0.717) is 0 Å². The van der Waals surface area contributed by atoms with Gasteiger partial charge in [-0.1, -0.05) is 0 Å². The number of carbonyl (C=O) groups is 2. The van der Waals surface area contributed by atoms with Gasteiger partial charge in [0.2, 0.25) is 0 Å².